The van der Waals surface area contributed by atoms with Gasteiger partial charge < -0.3 is 10.2 Å². The number of aliphatic hydroxyl groups excluding tert-OH is 2. The monoisotopic (exact) mass is 270 g/mol. The van der Waals surface area contributed by atoms with Gasteiger partial charge in [0, 0.05) is 23.6 Å². The van der Waals surface area contributed by atoms with Crippen LogP contribution in [0.4, 0.5) is 5.69 Å². The number of nitrogens with zero attached hydrogens (tertiary/aromatic N) is 2. The van der Waals surface area contributed by atoms with Crippen molar-refractivity contribution in [2.24, 2.45) is 0 Å². The van der Waals surface area contributed by atoms with Crippen molar-refractivity contribution in [3.05, 3.63) is 39.4 Å². The van der Waals surface area contributed by atoms with E-state index in [1.165, 1.54) is 12.1 Å². The second kappa shape index (κ2) is 6.31. The van der Waals surface area contributed by atoms with Crippen molar-refractivity contribution in [1.82, 2.24) is 0 Å². The van der Waals surface area contributed by atoms with Crippen LogP contribution in [-0.4, -0.2) is 27.1 Å². The number of hydrogen-bond acceptors (Lipinski definition) is 5. The number of non-ortho nitro benzene ring substituents is 1. The molecule has 2 unspecified atom stereocenters. The van der Waals surface area contributed by atoms with Gasteiger partial charge in [0.2, 0.25) is 0 Å². The molecule has 0 spiro atoms. The third-order valence-electron chi connectivity index (χ3n) is 2.46. The molecule has 1 aromatic carbocycles. The molecule has 1 aromatic rings. The lowest BCUT2D eigenvalue weighted by molar-refractivity contribution is -0.384. The fourth-order valence-corrected chi connectivity index (χ4v) is 1.71. The van der Waals surface area contributed by atoms with Gasteiger partial charge in [-0.2, -0.15) is 5.26 Å². The molecule has 0 aliphatic rings. The van der Waals surface area contributed by atoms with Crippen LogP contribution in [0.2, 0.25) is 0 Å². The van der Waals surface area contributed by atoms with Gasteiger partial charge in [0.15, 0.2) is 0 Å². The summed E-state index contributed by atoms with van der Waals surface area (Å²) in [6.07, 6.45) is -2.25. The largest absolute Gasteiger partial charge is 0.390 e. The van der Waals surface area contributed by atoms with Gasteiger partial charge in [-0.15, -0.1) is 11.6 Å². The highest BCUT2D eigenvalue weighted by Crippen LogP contribution is 2.26. The summed E-state index contributed by atoms with van der Waals surface area (Å²) in [5.41, 5.74) is -0.125. The predicted octanol–water partition coefficient (Wildman–Crippen LogP) is 1.49. The Morgan fingerprint density at radius 1 is 1.50 bits per heavy atom. The second-order valence-electron chi connectivity index (χ2n) is 3.63. The Kier molecular flexibility index (Phi) is 5.04. The summed E-state index contributed by atoms with van der Waals surface area (Å²) < 4.78 is 0. The van der Waals surface area contributed by atoms with Gasteiger partial charge in [0.25, 0.3) is 5.69 Å². The summed E-state index contributed by atoms with van der Waals surface area (Å²) in [5, 5.41) is 38.9. The molecule has 0 saturated carbocycles. The third kappa shape index (κ3) is 3.17. The van der Waals surface area contributed by atoms with E-state index in [2.05, 4.69) is 0 Å². The number of hydrogen-bond donors (Lipinski definition) is 2. The Morgan fingerprint density at radius 2 is 2.17 bits per heavy atom. The van der Waals surface area contributed by atoms with Crippen LogP contribution in [-0.2, 0) is 0 Å². The number of alkyl halides is 1. The molecule has 2 atom stereocenters. The average molecular weight is 271 g/mol. The van der Waals surface area contributed by atoms with E-state index in [1.807, 2.05) is 0 Å². The van der Waals surface area contributed by atoms with E-state index in [4.69, 9.17) is 16.9 Å². The number of nitro benzene ring substituents is 1. The van der Waals surface area contributed by atoms with Crippen LogP contribution < -0.4 is 0 Å². The topological polar surface area (TPSA) is 107 Å². The Labute approximate surface area is 108 Å². The summed E-state index contributed by atoms with van der Waals surface area (Å²) in [7, 11) is 0. The van der Waals surface area contributed by atoms with Gasteiger partial charge in [-0.1, -0.05) is 0 Å². The van der Waals surface area contributed by atoms with E-state index in [0.29, 0.717) is 0 Å². The highest BCUT2D eigenvalue weighted by atomic mass is 35.5. The van der Waals surface area contributed by atoms with Gasteiger partial charge in [-0.05, 0) is 12.5 Å². The third-order valence-corrected chi connectivity index (χ3v) is 2.67. The molecule has 2 N–H and O–H groups in total. The van der Waals surface area contributed by atoms with E-state index in [1.54, 1.807) is 6.07 Å². The zero-order valence-corrected chi connectivity index (χ0v) is 10.0. The SMILES string of the molecule is N#Cc1cc([N+](=O)[O-])ccc1C(O)C(O)CCCl. The summed E-state index contributed by atoms with van der Waals surface area (Å²) in [6, 6.07) is 5.26. The van der Waals surface area contributed by atoms with Crippen LogP contribution in [0.3, 0.4) is 0 Å². The lowest BCUT2D eigenvalue weighted by Crippen LogP contribution is -2.19. The summed E-state index contributed by atoms with van der Waals surface area (Å²) in [6.45, 7) is 0. The molecular formula is C11H11ClN2O4. The first kappa shape index (κ1) is 14.4. The number of aliphatic hydroxyl groups is 2. The molecule has 96 valence electrons. The van der Waals surface area contributed by atoms with Crippen molar-refractivity contribution < 1.29 is 15.1 Å². The standard InChI is InChI=1S/C11H11ClN2O4/c12-4-3-10(15)11(16)9-2-1-8(14(17)18)5-7(9)6-13/h1-2,5,10-11,15-16H,3-4H2. The Bertz CT molecular complexity index is 486. The molecule has 0 radical (unpaired) electrons. The quantitative estimate of drug-likeness (QED) is 0.479. The number of nitriles is 1. The minimum Gasteiger partial charge on any atom is -0.390 e. The molecule has 18 heavy (non-hydrogen) atoms. The number of nitro groups is 1. The first-order valence-electron chi connectivity index (χ1n) is 5.11. The predicted molar refractivity (Wildman–Crippen MR) is 64.1 cm³/mol. The van der Waals surface area contributed by atoms with Crippen molar-refractivity contribution in [3.63, 3.8) is 0 Å². The van der Waals surface area contributed by atoms with Crippen molar-refractivity contribution in [1.29, 1.82) is 5.26 Å². The van der Waals surface area contributed by atoms with E-state index >= 15 is 0 Å². The molecule has 6 nitrogen and oxygen atoms in total. The fraction of sp³-hybridized carbons (Fsp3) is 0.364. The first-order valence-corrected chi connectivity index (χ1v) is 5.65. The summed E-state index contributed by atoms with van der Waals surface area (Å²) >= 11 is 5.44. The molecule has 0 fully saturated rings. The minimum absolute atomic E-state index is 0.0367. The van der Waals surface area contributed by atoms with Crippen LogP contribution in [0, 0.1) is 21.4 Å². The maximum absolute atomic E-state index is 10.6. The second-order valence-corrected chi connectivity index (χ2v) is 4.01. The van der Waals surface area contributed by atoms with Crippen molar-refractivity contribution in [2.75, 3.05) is 5.88 Å². The van der Waals surface area contributed by atoms with Crippen molar-refractivity contribution >= 4 is 17.3 Å². The lowest BCUT2D eigenvalue weighted by Gasteiger charge is -2.17. The molecule has 0 heterocycles. The van der Waals surface area contributed by atoms with E-state index in [-0.39, 0.29) is 29.1 Å². The van der Waals surface area contributed by atoms with Gasteiger partial charge >= 0.3 is 0 Å². The van der Waals surface area contributed by atoms with E-state index in [0.717, 1.165) is 6.07 Å². The van der Waals surface area contributed by atoms with Crippen LogP contribution in [0.5, 0.6) is 0 Å². The molecule has 0 amide bonds. The summed E-state index contributed by atoms with van der Waals surface area (Å²) in [5.74, 6) is 0.160. The molecule has 0 aromatic heterocycles. The number of rotatable bonds is 5. The minimum atomic E-state index is -1.29. The average Bonchev–Trinajstić information content (AvgIpc) is 2.37. The van der Waals surface area contributed by atoms with Gasteiger partial charge in [0.1, 0.15) is 6.10 Å². The molecule has 0 saturated heterocycles. The Morgan fingerprint density at radius 3 is 2.67 bits per heavy atom. The number of halogens is 1. The van der Waals surface area contributed by atoms with Gasteiger partial charge in [-0.3, -0.25) is 10.1 Å². The van der Waals surface area contributed by atoms with E-state index < -0.39 is 17.1 Å². The van der Waals surface area contributed by atoms with Crippen molar-refractivity contribution in [3.8, 4) is 6.07 Å². The molecule has 1 rings (SSSR count). The first-order chi connectivity index (χ1) is 8.51. The van der Waals surface area contributed by atoms with Crippen LogP contribution >= 0.6 is 11.6 Å². The molecule has 0 aliphatic heterocycles. The van der Waals surface area contributed by atoms with Crippen LogP contribution in [0.15, 0.2) is 18.2 Å². The molecule has 0 aliphatic carbocycles. The highest BCUT2D eigenvalue weighted by Gasteiger charge is 2.22. The van der Waals surface area contributed by atoms with Crippen molar-refractivity contribution in [2.45, 2.75) is 18.6 Å². The molecular weight excluding hydrogens is 260 g/mol. The zero-order valence-electron chi connectivity index (χ0n) is 9.28. The van der Waals surface area contributed by atoms with Gasteiger partial charge in [-0.25, -0.2) is 0 Å². The summed E-state index contributed by atoms with van der Waals surface area (Å²) in [4.78, 5) is 9.92. The van der Waals surface area contributed by atoms with Gasteiger partial charge in [0.05, 0.1) is 22.7 Å². The highest BCUT2D eigenvalue weighted by molar-refractivity contribution is 6.17. The normalized spacial score (nSPS) is 13.7. The maximum Gasteiger partial charge on any atom is 0.270 e. The van der Waals surface area contributed by atoms with Crippen LogP contribution in [0.25, 0.3) is 0 Å². The Balaban J connectivity index is 3.10. The van der Waals surface area contributed by atoms with E-state index in [9.17, 15) is 20.3 Å². The Hall–Kier alpha value is -1.68. The zero-order chi connectivity index (χ0) is 13.7. The fourth-order valence-electron chi connectivity index (χ4n) is 1.49. The maximum atomic E-state index is 10.6. The lowest BCUT2D eigenvalue weighted by atomic mass is 9.97. The number of benzene rings is 1. The smallest absolute Gasteiger partial charge is 0.270 e. The molecule has 7 heteroatoms. The van der Waals surface area contributed by atoms with Crippen LogP contribution in [0.1, 0.15) is 23.7 Å². The molecule has 0 bridgehead atoms.